The Bertz CT molecular complexity index is 999. The van der Waals surface area contributed by atoms with E-state index in [4.69, 9.17) is 21.1 Å². The van der Waals surface area contributed by atoms with Crippen molar-refractivity contribution in [2.45, 2.75) is 6.92 Å². The quantitative estimate of drug-likeness (QED) is 0.578. The molecule has 0 unspecified atom stereocenters. The van der Waals surface area contributed by atoms with Gasteiger partial charge in [-0.2, -0.15) is 0 Å². The Morgan fingerprint density at radius 1 is 1.07 bits per heavy atom. The van der Waals surface area contributed by atoms with Crippen molar-refractivity contribution in [1.82, 2.24) is 5.32 Å². The maximum Gasteiger partial charge on any atom is 0.138 e. The fourth-order valence-electron chi connectivity index (χ4n) is 3.48. The molecule has 144 valence electrons. The first-order chi connectivity index (χ1) is 13.8. The van der Waals surface area contributed by atoms with Gasteiger partial charge in [0.25, 0.3) is 0 Å². The number of nitrogens with zero attached hydrogens (tertiary/aromatic N) is 1. The molecule has 0 aromatic heterocycles. The molecule has 0 aliphatic carbocycles. The summed E-state index contributed by atoms with van der Waals surface area (Å²) in [5.41, 5.74) is 3.10. The Morgan fingerprint density at radius 3 is 2.64 bits per heavy atom. The lowest BCUT2D eigenvalue weighted by Crippen LogP contribution is -2.21. The van der Waals surface area contributed by atoms with Gasteiger partial charge >= 0.3 is 0 Å². The van der Waals surface area contributed by atoms with Gasteiger partial charge in [0.1, 0.15) is 18.2 Å². The van der Waals surface area contributed by atoms with E-state index in [1.54, 1.807) is 0 Å². The van der Waals surface area contributed by atoms with E-state index in [0.29, 0.717) is 24.8 Å². The number of aliphatic imine (C=N–C) groups is 1. The van der Waals surface area contributed by atoms with Gasteiger partial charge in [0, 0.05) is 23.7 Å². The molecule has 0 fully saturated rings. The zero-order valence-electron chi connectivity index (χ0n) is 15.9. The molecule has 1 aliphatic heterocycles. The zero-order chi connectivity index (χ0) is 19.3. The molecule has 0 saturated heterocycles. The average molecular weight is 395 g/mol. The topological polar surface area (TPSA) is 42.9 Å². The smallest absolute Gasteiger partial charge is 0.138 e. The van der Waals surface area contributed by atoms with E-state index in [1.165, 1.54) is 0 Å². The van der Waals surface area contributed by atoms with Crippen LogP contribution in [-0.4, -0.2) is 38.7 Å². The molecule has 1 heterocycles. The van der Waals surface area contributed by atoms with Gasteiger partial charge in [-0.25, -0.2) is 0 Å². The minimum atomic E-state index is 0.479. The summed E-state index contributed by atoms with van der Waals surface area (Å²) in [5.74, 6) is 1.71. The Labute approximate surface area is 170 Å². The number of benzene rings is 3. The normalized spacial score (nSPS) is 13.4. The minimum absolute atomic E-state index is 0.479. The molecule has 0 radical (unpaired) electrons. The van der Waals surface area contributed by atoms with Gasteiger partial charge < -0.3 is 14.8 Å². The number of rotatable bonds is 7. The monoisotopic (exact) mass is 394 g/mol. The standard InChI is InChI=1S/C23H23ClN2O2/c1-2-27-13-14-28-22-20(23-25-11-12-26-23)15-17-5-3-4-6-19(17)21(22)16-7-9-18(24)10-8-16/h3-10,15H,2,11-14H2,1H3,(H,25,26). The second kappa shape index (κ2) is 8.63. The molecular weight excluding hydrogens is 372 g/mol. The van der Waals surface area contributed by atoms with E-state index < -0.39 is 0 Å². The highest BCUT2D eigenvalue weighted by atomic mass is 35.5. The first-order valence-electron chi connectivity index (χ1n) is 9.59. The summed E-state index contributed by atoms with van der Waals surface area (Å²) < 4.78 is 11.8. The molecule has 28 heavy (non-hydrogen) atoms. The molecule has 0 amide bonds. The van der Waals surface area contributed by atoms with E-state index in [-0.39, 0.29) is 0 Å². The van der Waals surface area contributed by atoms with Crippen LogP contribution in [0.25, 0.3) is 21.9 Å². The minimum Gasteiger partial charge on any atom is -0.490 e. The summed E-state index contributed by atoms with van der Waals surface area (Å²) in [6, 6.07) is 18.4. The molecule has 0 bridgehead atoms. The van der Waals surface area contributed by atoms with Crippen molar-refractivity contribution in [3.8, 4) is 16.9 Å². The third-order valence-electron chi connectivity index (χ3n) is 4.74. The van der Waals surface area contributed by atoms with Gasteiger partial charge in [-0.05, 0) is 41.5 Å². The Balaban J connectivity index is 1.92. The number of amidine groups is 1. The van der Waals surface area contributed by atoms with Gasteiger partial charge in [-0.1, -0.05) is 48.0 Å². The van der Waals surface area contributed by atoms with Crippen LogP contribution >= 0.6 is 11.6 Å². The van der Waals surface area contributed by atoms with Crippen LogP contribution in [0.3, 0.4) is 0 Å². The summed E-state index contributed by atoms with van der Waals surface area (Å²) in [6.45, 7) is 5.30. The molecule has 5 heteroatoms. The number of hydrogen-bond donors (Lipinski definition) is 1. The van der Waals surface area contributed by atoms with E-state index in [1.807, 2.05) is 31.2 Å². The molecule has 1 N–H and O–H groups in total. The average Bonchev–Trinajstić information content (AvgIpc) is 3.26. The molecule has 4 nitrogen and oxygen atoms in total. The van der Waals surface area contributed by atoms with Crippen LogP contribution in [0.4, 0.5) is 0 Å². The second-order valence-electron chi connectivity index (χ2n) is 6.56. The molecule has 0 atom stereocenters. The first-order valence-corrected chi connectivity index (χ1v) is 9.96. The van der Waals surface area contributed by atoms with Crippen LogP contribution in [0.2, 0.25) is 5.02 Å². The predicted molar refractivity (Wildman–Crippen MR) is 116 cm³/mol. The highest BCUT2D eigenvalue weighted by Gasteiger charge is 2.21. The highest BCUT2D eigenvalue weighted by molar-refractivity contribution is 6.30. The van der Waals surface area contributed by atoms with Crippen molar-refractivity contribution >= 4 is 28.2 Å². The van der Waals surface area contributed by atoms with Gasteiger partial charge in [-0.3, -0.25) is 4.99 Å². The molecule has 1 aliphatic rings. The summed E-state index contributed by atoms with van der Waals surface area (Å²) in [4.78, 5) is 4.64. The van der Waals surface area contributed by atoms with Crippen LogP contribution in [-0.2, 0) is 4.74 Å². The molecular formula is C23H23ClN2O2. The van der Waals surface area contributed by atoms with Crippen molar-refractivity contribution in [1.29, 1.82) is 0 Å². The van der Waals surface area contributed by atoms with Crippen molar-refractivity contribution < 1.29 is 9.47 Å². The lowest BCUT2D eigenvalue weighted by Gasteiger charge is -2.19. The third kappa shape index (κ3) is 3.84. The van der Waals surface area contributed by atoms with Crippen LogP contribution < -0.4 is 10.1 Å². The SMILES string of the molecule is CCOCCOc1c(C2=NCCN2)cc2ccccc2c1-c1ccc(Cl)cc1. The van der Waals surface area contributed by atoms with E-state index >= 15 is 0 Å². The lowest BCUT2D eigenvalue weighted by molar-refractivity contribution is 0.110. The maximum absolute atomic E-state index is 6.30. The molecule has 3 aromatic carbocycles. The van der Waals surface area contributed by atoms with Crippen LogP contribution in [0.15, 0.2) is 59.6 Å². The van der Waals surface area contributed by atoms with Crippen molar-refractivity contribution in [3.05, 3.63) is 65.2 Å². The number of hydrogen-bond acceptors (Lipinski definition) is 4. The number of halogens is 1. The summed E-state index contributed by atoms with van der Waals surface area (Å²) in [5, 5.41) is 6.38. The Morgan fingerprint density at radius 2 is 1.89 bits per heavy atom. The number of fused-ring (bicyclic) bond motifs is 1. The summed E-state index contributed by atoms with van der Waals surface area (Å²) >= 11 is 6.13. The highest BCUT2D eigenvalue weighted by Crippen LogP contribution is 2.40. The number of nitrogens with one attached hydrogen (secondary N) is 1. The second-order valence-corrected chi connectivity index (χ2v) is 7.00. The lowest BCUT2D eigenvalue weighted by atomic mass is 9.93. The molecule has 4 rings (SSSR count). The Hall–Kier alpha value is -2.56. The number of ether oxygens (including phenoxy) is 2. The van der Waals surface area contributed by atoms with Crippen LogP contribution in [0.1, 0.15) is 12.5 Å². The summed E-state index contributed by atoms with van der Waals surface area (Å²) in [7, 11) is 0. The van der Waals surface area contributed by atoms with Gasteiger partial charge in [-0.15, -0.1) is 0 Å². The van der Waals surface area contributed by atoms with Gasteiger partial charge in [0.2, 0.25) is 0 Å². The zero-order valence-corrected chi connectivity index (χ0v) is 16.6. The summed E-state index contributed by atoms with van der Waals surface area (Å²) in [6.07, 6.45) is 0. The van der Waals surface area contributed by atoms with E-state index in [2.05, 4.69) is 40.6 Å². The third-order valence-corrected chi connectivity index (χ3v) is 4.99. The molecule has 0 saturated carbocycles. The molecule has 0 spiro atoms. The van der Waals surface area contributed by atoms with Crippen molar-refractivity contribution in [3.63, 3.8) is 0 Å². The Kier molecular flexibility index (Phi) is 5.79. The van der Waals surface area contributed by atoms with E-state index in [0.717, 1.165) is 52.1 Å². The van der Waals surface area contributed by atoms with E-state index in [9.17, 15) is 0 Å². The fraction of sp³-hybridized carbons (Fsp3) is 0.261. The molecule has 3 aromatic rings. The first kappa shape index (κ1) is 18.8. The fourth-order valence-corrected chi connectivity index (χ4v) is 3.61. The van der Waals surface area contributed by atoms with Crippen molar-refractivity contribution in [2.75, 3.05) is 32.9 Å². The van der Waals surface area contributed by atoms with Gasteiger partial charge in [0.05, 0.1) is 18.7 Å². The maximum atomic E-state index is 6.30. The van der Waals surface area contributed by atoms with Crippen LogP contribution in [0.5, 0.6) is 5.75 Å². The van der Waals surface area contributed by atoms with Gasteiger partial charge in [0.15, 0.2) is 0 Å². The predicted octanol–water partition coefficient (Wildman–Crippen LogP) is 4.93. The largest absolute Gasteiger partial charge is 0.490 e. The van der Waals surface area contributed by atoms with Crippen molar-refractivity contribution in [2.24, 2.45) is 4.99 Å². The van der Waals surface area contributed by atoms with Crippen LogP contribution in [0, 0.1) is 0 Å².